The molecule has 2 aromatic rings. The summed E-state index contributed by atoms with van der Waals surface area (Å²) in [4.78, 5) is 8.21. The molecule has 0 amide bonds. The first-order valence-corrected chi connectivity index (χ1v) is 8.08. The summed E-state index contributed by atoms with van der Waals surface area (Å²) in [6.45, 7) is 3.48. The monoisotopic (exact) mass is 347 g/mol. The molecule has 0 radical (unpaired) electrons. The molecule has 134 valence electrons. The second-order valence-electron chi connectivity index (χ2n) is 6.70. The van der Waals surface area contributed by atoms with E-state index in [4.69, 9.17) is 19.9 Å². The molecule has 3 N–H and O–H groups in total. The Morgan fingerprint density at radius 3 is 2.88 bits per heavy atom. The van der Waals surface area contributed by atoms with Crippen LogP contribution in [0.15, 0.2) is 23.5 Å². The van der Waals surface area contributed by atoms with Crippen molar-refractivity contribution >= 4 is 17.5 Å². The van der Waals surface area contributed by atoms with Gasteiger partial charge in [0.2, 0.25) is 0 Å². The van der Waals surface area contributed by atoms with Crippen molar-refractivity contribution in [3.05, 3.63) is 24.2 Å². The van der Waals surface area contributed by atoms with Crippen molar-refractivity contribution in [2.45, 2.75) is 43.5 Å². The average molecular weight is 347 g/mol. The molecule has 25 heavy (non-hydrogen) atoms. The standard InChI is InChI=1S/C16H21N5O4/c1-15(2)24-12-10(6-22)23-16(7-18-3,13(12)25-15)11-5-4-9-14(17)19-8-20-21(9)11/h4-5,7-8,10,12-13,22H,6H2,1-3H3,(H2,17,19,20)/t10-,12-,13-,16+/m1/s1. The molecule has 0 spiro atoms. The first-order chi connectivity index (χ1) is 11.9. The van der Waals surface area contributed by atoms with E-state index in [1.807, 2.05) is 26.0 Å². The molecule has 0 aromatic carbocycles. The number of aromatic nitrogens is 3. The van der Waals surface area contributed by atoms with Gasteiger partial charge in [-0.25, -0.2) is 9.50 Å². The number of nitrogens with zero attached hydrogens (tertiary/aromatic N) is 4. The van der Waals surface area contributed by atoms with Crippen molar-refractivity contribution in [3.63, 3.8) is 0 Å². The Kier molecular flexibility index (Phi) is 3.58. The molecule has 4 rings (SSSR count). The summed E-state index contributed by atoms with van der Waals surface area (Å²) < 4.78 is 20.0. The Bertz CT molecular complexity index is 835. The third-order valence-corrected chi connectivity index (χ3v) is 4.65. The van der Waals surface area contributed by atoms with Gasteiger partial charge >= 0.3 is 0 Å². The lowest BCUT2D eigenvalue weighted by Gasteiger charge is -2.31. The Morgan fingerprint density at radius 1 is 1.36 bits per heavy atom. The number of hydrogen-bond donors (Lipinski definition) is 2. The summed E-state index contributed by atoms with van der Waals surface area (Å²) in [5, 5.41) is 14.1. The van der Waals surface area contributed by atoms with E-state index in [2.05, 4.69) is 15.1 Å². The Labute approximate surface area is 144 Å². The minimum Gasteiger partial charge on any atom is -0.394 e. The molecule has 4 atom stereocenters. The van der Waals surface area contributed by atoms with Crippen LogP contribution in [0.3, 0.4) is 0 Å². The molecule has 0 bridgehead atoms. The first-order valence-electron chi connectivity index (χ1n) is 8.08. The fourth-order valence-corrected chi connectivity index (χ4v) is 3.73. The summed E-state index contributed by atoms with van der Waals surface area (Å²) in [7, 11) is 1.66. The highest BCUT2D eigenvalue weighted by Gasteiger charge is 2.63. The predicted molar refractivity (Wildman–Crippen MR) is 89.3 cm³/mol. The van der Waals surface area contributed by atoms with E-state index in [1.54, 1.807) is 17.8 Å². The Balaban J connectivity index is 1.92. The van der Waals surface area contributed by atoms with Gasteiger partial charge in [-0.2, -0.15) is 5.10 Å². The van der Waals surface area contributed by atoms with Crippen molar-refractivity contribution < 1.29 is 19.3 Å². The van der Waals surface area contributed by atoms with Gasteiger partial charge in [0.1, 0.15) is 30.2 Å². The highest BCUT2D eigenvalue weighted by atomic mass is 16.8. The fraction of sp³-hybridized carbons (Fsp3) is 0.562. The number of aliphatic hydroxyl groups is 1. The maximum Gasteiger partial charge on any atom is 0.174 e. The van der Waals surface area contributed by atoms with Gasteiger partial charge in [0, 0.05) is 13.3 Å². The molecule has 0 aliphatic carbocycles. The maximum absolute atomic E-state index is 9.78. The quantitative estimate of drug-likeness (QED) is 0.757. The fourth-order valence-electron chi connectivity index (χ4n) is 3.73. The molecular formula is C16H21N5O4. The Morgan fingerprint density at radius 2 is 2.16 bits per heavy atom. The van der Waals surface area contributed by atoms with Crippen LogP contribution in [0.5, 0.6) is 0 Å². The summed E-state index contributed by atoms with van der Waals surface area (Å²) in [6, 6.07) is 3.68. The number of nitrogens with two attached hydrogens (primary N) is 1. The third kappa shape index (κ3) is 2.27. The Hall–Kier alpha value is -2.07. The minimum atomic E-state index is -1.06. The van der Waals surface area contributed by atoms with Gasteiger partial charge in [-0.15, -0.1) is 0 Å². The summed E-state index contributed by atoms with van der Waals surface area (Å²) in [5.41, 5.74) is 6.23. The first kappa shape index (κ1) is 16.4. The lowest BCUT2D eigenvalue weighted by molar-refractivity contribution is -0.201. The van der Waals surface area contributed by atoms with Crippen LogP contribution in [0.25, 0.3) is 5.52 Å². The molecule has 4 heterocycles. The molecule has 2 aliphatic rings. The highest BCUT2D eigenvalue weighted by Crippen LogP contribution is 2.48. The van der Waals surface area contributed by atoms with Gasteiger partial charge in [0.25, 0.3) is 0 Å². The number of aliphatic hydroxyl groups excluding tert-OH is 1. The largest absolute Gasteiger partial charge is 0.394 e. The number of fused-ring (bicyclic) bond motifs is 2. The van der Waals surface area contributed by atoms with Gasteiger partial charge in [-0.3, -0.25) is 4.99 Å². The van der Waals surface area contributed by atoms with E-state index < -0.39 is 29.7 Å². The zero-order valence-electron chi connectivity index (χ0n) is 14.3. The number of rotatable bonds is 3. The van der Waals surface area contributed by atoms with Crippen molar-refractivity contribution in [1.82, 2.24) is 14.6 Å². The molecule has 0 unspecified atom stereocenters. The third-order valence-electron chi connectivity index (χ3n) is 4.65. The molecule has 9 nitrogen and oxygen atoms in total. The summed E-state index contributed by atoms with van der Waals surface area (Å²) in [5.74, 6) is -0.428. The predicted octanol–water partition coefficient (Wildman–Crippen LogP) is 0.119. The lowest BCUT2D eigenvalue weighted by Crippen LogP contribution is -2.43. The molecule has 9 heteroatoms. The van der Waals surface area contributed by atoms with Gasteiger partial charge in [-0.1, -0.05) is 0 Å². The van der Waals surface area contributed by atoms with E-state index >= 15 is 0 Å². The van der Waals surface area contributed by atoms with Crippen molar-refractivity contribution in [2.75, 3.05) is 19.4 Å². The average Bonchev–Trinajstić information content (AvgIpc) is 3.20. The van der Waals surface area contributed by atoms with Crippen LogP contribution in [0, 0.1) is 0 Å². The molecular weight excluding hydrogens is 326 g/mol. The lowest BCUT2D eigenvalue weighted by atomic mass is 9.92. The van der Waals surface area contributed by atoms with Crippen molar-refractivity contribution in [1.29, 1.82) is 0 Å². The highest BCUT2D eigenvalue weighted by molar-refractivity contribution is 5.75. The van der Waals surface area contributed by atoms with Gasteiger partial charge < -0.3 is 25.1 Å². The normalized spacial score (nSPS) is 34.2. The van der Waals surface area contributed by atoms with Crippen LogP contribution in [0.1, 0.15) is 19.5 Å². The second-order valence-corrected chi connectivity index (χ2v) is 6.70. The van der Waals surface area contributed by atoms with E-state index in [1.165, 1.54) is 6.33 Å². The SMILES string of the molecule is CN=C[C@@]1(c2ccc3c(N)ncnn23)O[C@H](CO)[C@H]2OC(C)(C)O[C@H]21. The number of aliphatic imine (C=N–C) groups is 1. The van der Waals surface area contributed by atoms with Gasteiger partial charge in [0.05, 0.1) is 12.3 Å². The number of nitrogen functional groups attached to an aromatic ring is 1. The number of ether oxygens (including phenoxy) is 3. The zero-order valence-corrected chi connectivity index (χ0v) is 14.3. The van der Waals surface area contributed by atoms with E-state index in [9.17, 15) is 5.11 Å². The van der Waals surface area contributed by atoms with Crippen molar-refractivity contribution in [2.24, 2.45) is 4.99 Å². The van der Waals surface area contributed by atoms with Crippen LogP contribution in [0.2, 0.25) is 0 Å². The van der Waals surface area contributed by atoms with Gasteiger partial charge in [-0.05, 0) is 26.0 Å². The maximum atomic E-state index is 9.78. The van der Waals surface area contributed by atoms with Crippen LogP contribution in [0.4, 0.5) is 5.82 Å². The molecule has 2 fully saturated rings. The van der Waals surface area contributed by atoms with Gasteiger partial charge in [0.15, 0.2) is 17.2 Å². The second kappa shape index (κ2) is 5.46. The van der Waals surface area contributed by atoms with Crippen LogP contribution in [-0.2, 0) is 19.8 Å². The molecule has 2 aliphatic heterocycles. The molecule has 0 saturated carbocycles. The smallest absolute Gasteiger partial charge is 0.174 e. The number of anilines is 1. The zero-order chi connectivity index (χ0) is 17.8. The van der Waals surface area contributed by atoms with Crippen LogP contribution in [-0.4, -0.2) is 63.7 Å². The van der Waals surface area contributed by atoms with E-state index in [0.29, 0.717) is 17.0 Å². The summed E-state index contributed by atoms with van der Waals surface area (Å²) >= 11 is 0. The molecule has 2 aromatic heterocycles. The van der Waals surface area contributed by atoms with E-state index in [0.717, 1.165) is 0 Å². The van der Waals surface area contributed by atoms with Crippen molar-refractivity contribution in [3.8, 4) is 0 Å². The van der Waals surface area contributed by atoms with Crippen LogP contribution < -0.4 is 5.73 Å². The van der Waals surface area contributed by atoms with Crippen LogP contribution >= 0.6 is 0 Å². The summed E-state index contributed by atoms with van der Waals surface area (Å²) in [6.07, 6.45) is 1.59. The molecule has 2 saturated heterocycles. The topological polar surface area (TPSA) is 116 Å². The van der Waals surface area contributed by atoms with E-state index in [-0.39, 0.29) is 6.61 Å². The number of hydrogen-bond acceptors (Lipinski definition) is 8. The minimum absolute atomic E-state index is 0.194.